The normalized spacial score (nSPS) is 16.2. The predicted molar refractivity (Wildman–Crippen MR) is 148 cm³/mol. The van der Waals surface area contributed by atoms with Crippen LogP contribution in [-0.2, 0) is 9.47 Å². The largest absolute Gasteiger partial charge is 0.387 e. The first-order valence-electron chi connectivity index (χ1n) is 13.8. The zero-order valence-electron chi connectivity index (χ0n) is 25.1. The molecule has 2 unspecified atom stereocenters. The smallest absolute Gasteiger partial charge is 0.254 e. The molecule has 0 spiro atoms. The molecule has 0 aliphatic heterocycles. The number of halogens is 2. The van der Waals surface area contributed by atoms with Crippen molar-refractivity contribution < 1.29 is 23.4 Å². The average molecular weight is 527 g/mol. The molecular weight excluding hydrogens is 474 g/mol. The van der Waals surface area contributed by atoms with Crippen LogP contribution in [0, 0.1) is 18.3 Å². The second-order valence-electron chi connectivity index (χ2n) is 12.2. The van der Waals surface area contributed by atoms with E-state index in [4.69, 9.17) is 9.47 Å². The highest BCUT2D eigenvalue weighted by molar-refractivity contribution is 5.52. The van der Waals surface area contributed by atoms with Gasteiger partial charge in [0.15, 0.2) is 0 Å². The Kier molecular flexibility index (Phi) is 12.8. The SMILES string of the molecule is CCC[C@@H](COC(C)(C)C)C(CCCC(O)c1cnc(/C=C(\C)C(C)(C)C(C)(F)F)c(C)n1)OC(C)C. The van der Waals surface area contributed by atoms with Gasteiger partial charge in [-0.25, -0.2) is 8.78 Å². The lowest BCUT2D eigenvalue weighted by atomic mass is 9.79. The summed E-state index contributed by atoms with van der Waals surface area (Å²) < 4.78 is 40.5. The van der Waals surface area contributed by atoms with Crippen molar-refractivity contribution in [2.75, 3.05) is 6.61 Å². The van der Waals surface area contributed by atoms with Crippen molar-refractivity contribution in [1.82, 2.24) is 9.97 Å². The van der Waals surface area contributed by atoms with Crippen LogP contribution in [0.15, 0.2) is 11.8 Å². The highest BCUT2D eigenvalue weighted by atomic mass is 19.3. The number of aliphatic hydroxyl groups excluding tert-OH is 1. The summed E-state index contributed by atoms with van der Waals surface area (Å²) in [6.45, 7) is 20.6. The van der Waals surface area contributed by atoms with E-state index in [1.165, 1.54) is 13.8 Å². The standard InChI is InChI=1S/C30H52F2N2O3/c1-12-14-23(19-36-28(6,7)8)27(37-20(2)3)16-13-15-26(35)25-18-33-24(22(5)34-25)17-21(4)29(9,10)30(11,31)32/h17-18,20,23,26-27,35H,12-16,19H2,1-11H3/b21-17+/t23-,26?,27?/m0/s1. The van der Waals surface area contributed by atoms with E-state index in [-0.39, 0.29) is 17.8 Å². The van der Waals surface area contributed by atoms with Crippen LogP contribution in [0.3, 0.4) is 0 Å². The van der Waals surface area contributed by atoms with Gasteiger partial charge in [-0.05, 0) is 80.2 Å². The van der Waals surface area contributed by atoms with Crippen LogP contribution >= 0.6 is 0 Å². The molecule has 5 nitrogen and oxygen atoms in total. The van der Waals surface area contributed by atoms with Gasteiger partial charge in [-0.15, -0.1) is 0 Å². The molecule has 0 saturated heterocycles. The number of ether oxygens (including phenoxy) is 2. The fraction of sp³-hybridized carbons (Fsp3) is 0.800. The minimum Gasteiger partial charge on any atom is -0.387 e. The van der Waals surface area contributed by atoms with Crippen LogP contribution in [0.1, 0.15) is 125 Å². The summed E-state index contributed by atoms with van der Waals surface area (Å²) in [5.41, 5.74) is 0.663. The Morgan fingerprint density at radius 3 is 2.19 bits per heavy atom. The first-order chi connectivity index (χ1) is 16.9. The van der Waals surface area contributed by atoms with Crippen LogP contribution < -0.4 is 0 Å². The maximum Gasteiger partial charge on any atom is 0.254 e. The van der Waals surface area contributed by atoms with Crippen molar-refractivity contribution in [2.45, 2.75) is 138 Å². The van der Waals surface area contributed by atoms with Gasteiger partial charge in [-0.2, -0.15) is 0 Å². The molecule has 1 aromatic heterocycles. The number of aromatic nitrogens is 2. The topological polar surface area (TPSA) is 64.5 Å². The third-order valence-corrected chi connectivity index (χ3v) is 7.11. The summed E-state index contributed by atoms with van der Waals surface area (Å²) in [6.07, 6.45) is 6.83. The van der Waals surface area contributed by atoms with Crippen molar-refractivity contribution in [3.05, 3.63) is 28.9 Å². The van der Waals surface area contributed by atoms with Gasteiger partial charge in [0.1, 0.15) is 0 Å². The van der Waals surface area contributed by atoms with E-state index in [0.717, 1.165) is 32.6 Å². The van der Waals surface area contributed by atoms with Gasteiger partial charge < -0.3 is 14.6 Å². The minimum atomic E-state index is -2.86. The first-order valence-corrected chi connectivity index (χ1v) is 13.8. The van der Waals surface area contributed by atoms with Crippen molar-refractivity contribution in [3.63, 3.8) is 0 Å². The molecule has 0 radical (unpaired) electrons. The average Bonchev–Trinajstić information content (AvgIpc) is 2.75. The molecule has 0 bridgehead atoms. The Bertz CT molecular complexity index is 857. The monoisotopic (exact) mass is 526 g/mol. The molecule has 7 heteroatoms. The molecule has 0 aromatic carbocycles. The third kappa shape index (κ3) is 11.1. The Balaban J connectivity index is 2.89. The Hall–Kier alpha value is -1.44. The van der Waals surface area contributed by atoms with Crippen LogP contribution in [0.4, 0.5) is 8.78 Å². The molecule has 0 aliphatic carbocycles. The Labute approximate surface area is 224 Å². The fourth-order valence-electron chi connectivity index (χ4n) is 4.07. The van der Waals surface area contributed by atoms with E-state index in [0.29, 0.717) is 41.6 Å². The van der Waals surface area contributed by atoms with E-state index in [2.05, 4.69) is 37.7 Å². The number of hydrogen-bond acceptors (Lipinski definition) is 5. The van der Waals surface area contributed by atoms with Gasteiger partial charge in [0.05, 0.1) is 53.8 Å². The zero-order chi connectivity index (χ0) is 28.6. The molecular formula is C30H52F2N2O3. The minimum absolute atomic E-state index is 0.0536. The van der Waals surface area contributed by atoms with Crippen molar-refractivity contribution in [1.29, 1.82) is 0 Å². The molecule has 0 saturated carbocycles. The second kappa shape index (κ2) is 14.1. The lowest BCUT2D eigenvalue weighted by molar-refractivity contribution is -0.0864. The molecule has 37 heavy (non-hydrogen) atoms. The number of allylic oxidation sites excluding steroid dienone is 1. The number of nitrogens with zero attached hydrogens (tertiary/aromatic N) is 2. The Morgan fingerprint density at radius 2 is 1.70 bits per heavy atom. The molecule has 0 aliphatic rings. The summed E-state index contributed by atoms with van der Waals surface area (Å²) in [4.78, 5) is 8.97. The first kappa shape index (κ1) is 33.6. The number of hydrogen-bond donors (Lipinski definition) is 1. The van der Waals surface area contributed by atoms with E-state index in [1.807, 2.05) is 13.8 Å². The molecule has 0 fully saturated rings. The summed E-state index contributed by atoms with van der Waals surface area (Å²) in [5, 5.41) is 10.8. The van der Waals surface area contributed by atoms with Crippen LogP contribution in [-0.4, -0.2) is 45.4 Å². The van der Waals surface area contributed by atoms with Gasteiger partial charge in [-0.3, -0.25) is 9.97 Å². The van der Waals surface area contributed by atoms with Gasteiger partial charge in [-0.1, -0.05) is 32.8 Å². The third-order valence-electron chi connectivity index (χ3n) is 7.11. The zero-order valence-corrected chi connectivity index (χ0v) is 25.1. The molecule has 0 amide bonds. The second-order valence-corrected chi connectivity index (χ2v) is 12.2. The van der Waals surface area contributed by atoms with Gasteiger partial charge >= 0.3 is 0 Å². The van der Waals surface area contributed by atoms with E-state index < -0.39 is 17.4 Å². The van der Waals surface area contributed by atoms with Gasteiger partial charge in [0.25, 0.3) is 5.92 Å². The number of alkyl halides is 2. The molecule has 3 atom stereocenters. The molecule has 214 valence electrons. The predicted octanol–water partition coefficient (Wildman–Crippen LogP) is 8.10. The summed E-state index contributed by atoms with van der Waals surface area (Å²) in [5.74, 6) is -2.57. The van der Waals surface area contributed by atoms with E-state index in [1.54, 1.807) is 26.1 Å². The van der Waals surface area contributed by atoms with Crippen molar-refractivity contribution >= 4 is 6.08 Å². The summed E-state index contributed by atoms with van der Waals surface area (Å²) >= 11 is 0. The van der Waals surface area contributed by atoms with Gasteiger partial charge in [0, 0.05) is 18.3 Å². The van der Waals surface area contributed by atoms with E-state index in [9.17, 15) is 13.9 Å². The van der Waals surface area contributed by atoms with Crippen molar-refractivity contribution in [3.8, 4) is 0 Å². The number of aliphatic hydroxyl groups is 1. The highest BCUT2D eigenvalue weighted by Gasteiger charge is 2.43. The number of rotatable bonds is 15. The molecule has 1 rings (SSSR count). The maximum atomic E-state index is 14.0. The van der Waals surface area contributed by atoms with Crippen molar-refractivity contribution in [2.24, 2.45) is 11.3 Å². The molecule has 1 heterocycles. The highest BCUT2D eigenvalue weighted by Crippen LogP contribution is 2.42. The van der Waals surface area contributed by atoms with Crippen LogP contribution in [0.5, 0.6) is 0 Å². The lowest BCUT2D eigenvalue weighted by Gasteiger charge is -2.32. The Morgan fingerprint density at radius 1 is 1.08 bits per heavy atom. The number of aryl methyl sites for hydroxylation is 1. The maximum absolute atomic E-state index is 14.0. The molecule has 1 N–H and O–H groups in total. The quantitative estimate of drug-likeness (QED) is 0.250. The fourth-order valence-corrected chi connectivity index (χ4v) is 4.07. The van der Waals surface area contributed by atoms with Crippen LogP contribution in [0.2, 0.25) is 0 Å². The summed E-state index contributed by atoms with van der Waals surface area (Å²) in [7, 11) is 0. The van der Waals surface area contributed by atoms with Gasteiger partial charge in [0.2, 0.25) is 0 Å². The molecule has 1 aromatic rings. The van der Waals surface area contributed by atoms with E-state index >= 15 is 0 Å². The van der Waals surface area contributed by atoms with Crippen LogP contribution in [0.25, 0.3) is 6.08 Å². The summed E-state index contributed by atoms with van der Waals surface area (Å²) in [6, 6.07) is 0. The lowest BCUT2D eigenvalue weighted by Crippen LogP contribution is -2.34.